The molecule has 0 aliphatic rings. The lowest BCUT2D eigenvalue weighted by Crippen LogP contribution is -2.26. The number of carboxylic acids is 1. The Hall–Kier alpha value is -1.55. The van der Waals surface area contributed by atoms with E-state index in [-0.39, 0.29) is 11.3 Å². The molecule has 17 heavy (non-hydrogen) atoms. The fraction of sp³-hybridized carbons (Fsp3) is 0.462. The number of hydrogen-bond donors (Lipinski definition) is 1. The second-order valence-electron chi connectivity index (χ2n) is 4.48. The highest BCUT2D eigenvalue weighted by atomic mass is 17.2. The van der Waals surface area contributed by atoms with Gasteiger partial charge < -0.3 is 9.99 Å². The maximum atomic E-state index is 10.9. The highest BCUT2D eigenvalue weighted by Crippen LogP contribution is 2.22. The van der Waals surface area contributed by atoms with Crippen LogP contribution in [0.4, 0.5) is 0 Å². The minimum atomic E-state index is -1.03. The third-order valence-corrected chi connectivity index (χ3v) is 2.33. The molecule has 0 unspecified atom stereocenters. The molecule has 0 aliphatic heterocycles. The molecule has 0 aromatic heterocycles. The van der Waals surface area contributed by atoms with Crippen LogP contribution in [0.25, 0.3) is 0 Å². The molecule has 94 valence electrons. The third-order valence-electron chi connectivity index (χ3n) is 2.33. The van der Waals surface area contributed by atoms with Crippen molar-refractivity contribution >= 4 is 5.97 Å². The number of hydrogen-bond acceptors (Lipinski definition) is 3. The van der Waals surface area contributed by atoms with Gasteiger partial charge in [-0.15, -0.1) is 0 Å². The summed E-state index contributed by atoms with van der Waals surface area (Å²) in [6, 6.07) is 6.41. The van der Waals surface area contributed by atoms with E-state index in [0.717, 1.165) is 12.8 Å². The third kappa shape index (κ3) is 4.07. The first-order valence-electron chi connectivity index (χ1n) is 5.64. The van der Waals surface area contributed by atoms with Crippen molar-refractivity contribution in [1.82, 2.24) is 0 Å². The Balaban J connectivity index is 2.72. The van der Waals surface area contributed by atoms with Gasteiger partial charge in [0, 0.05) is 0 Å². The quantitative estimate of drug-likeness (QED) is 0.610. The van der Waals surface area contributed by atoms with E-state index in [1.165, 1.54) is 6.07 Å². The van der Waals surface area contributed by atoms with Crippen molar-refractivity contribution in [2.75, 3.05) is 0 Å². The van der Waals surface area contributed by atoms with Gasteiger partial charge in [0.1, 0.15) is 11.2 Å². The maximum Gasteiger partial charge on any atom is 0.339 e. The standard InChI is InChI=1S/C13H18O4/c1-4-9-13(2,3)17-16-11-8-6-5-7-10(11)12(14)15/h5-8H,4,9H2,1-3H3,(H,14,15). The molecule has 0 amide bonds. The van der Waals surface area contributed by atoms with Gasteiger partial charge in [0.05, 0.1) is 0 Å². The lowest BCUT2D eigenvalue weighted by Gasteiger charge is -2.23. The van der Waals surface area contributed by atoms with Crippen molar-refractivity contribution < 1.29 is 19.7 Å². The van der Waals surface area contributed by atoms with Gasteiger partial charge in [0.15, 0.2) is 5.75 Å². The lowest BCUT2D eigenvalue weighted by atomic mass is 10.0. The Kier molecular flexibility index (Phi) is 4.52. The van der Waals surface area contributed by atoms with Crippen molar-refractivity contribution in [3.63, 3.8) is 0 Å². The van der Waals surface area contributed by atoms with E-state index in [4.69, 9.17) is 14.9 Å². The summed E-state index contributed by atoms with van der Waals surface area (Å²) in [6.07, 6.45) is 1.80. The molecule has 0 bridgehead atoms. The Labute approximate surface area is 101 Å². The summed E-state index contributed by atoms with van der Waals surface area (Å²) in [4.78, 5) is 21.4. The molecule has 0 atom stereocenters. The van der Waals surface area contributed by atoms with Crippen molar-refractivity contribution in [2.45, 2.75) is 39.2 Å². The van der Waals surface area contributed by atoms with Crippen LogP contribution in [-0.2, 0) is 4.89 Å². The number of para-hydroxylation sites is 1. The Morgan fingerprint density at radius 1 is 1.35 bits per heavy atom. The Morgan fingerprint density at radius 2 is 2.00 bits per heavy atom. The second kappa shape index (κ2) is 5.68. The molecule has 4 heteroatoms. The van der Waals surface area contributed by atoms with E-state index in [2.05, 4.69) is 6.92 Å². The summed E-state index contributed by atoms with van der Waals surface area (Å²) < 4.78 is 0. The van der Waals surface area contributed by atoms with Crippen LogP contribution in [0.5, 0.6) is 5.75 Å². The fourth-order valence-electron chi connectivity index (χ4n) is 1.52. The Morgan fingerprint density at radius 3 is 2.59 bits per heavy atom. The van der Waals surface area contributed by atoms with Gasteiger partial charge in [0.2, 0.25) is 0 Å². The first kappa shape index (κ1) is 13.5. The smallest absolute Gasteiger partial charge is 0.339 e. The van der Waals surface area contributed by atoms with Gasteiger partial charge in [-0.25, -0.2) is 4.79 Å². The molecule has 0 aliphatic carbocycles. The maximum absolute atomic E-state index is 10.9. The SMILES string of the molecule is CCCC(C)(C)OOc1ccccc1C(=O)O. The zero-order valence-corrected chi connectivity index (χ0v) is 10.4. The van der Waals surface area contributed by atoms with Gasteiger partial charge in [-0.2, -0.15) is 4.89 Å². The van der Waals surface area contributed by atoms with Crippen molar-refractivity contribution in [1.29, 1.82) is 0 Å². The average Bonchev–Trinajstić information content (AvgIpc) is 2.27. The van der Waals surface area contributed by atoms with Crippen molar-refractivity contribution in [2.24, 2.45) is 0 Å². The summed E-state index contributed by atoms with van der Waals surface area (Å²) in [5, 5.41) is 8.96. The van der Waals surface area contributed by atoms with Gasteiger partial charge in [0.25, 0.3) is 0 Å². The fourth-order valence-corrected chi connectivity index (χ4v) is 1.52. The predicted octanol–water partition coefficient (Wildman–Crippen LogP) is 3.27. The number of carbonyl (C=O) groups is 1. The molecule has 4 nitrogen and oxygen atoms in total. The van der Waals surface area contributed by atoms with Gasteiger partial charge in [-0.1, -0.05) is 25.5 Å². The first-order valence-corrected chi connectivity index (χ1v) is 5.64. The molecule has 0 saturated carbocycles. The Bertz CT molecular complexity index is 385. The zero-order valence-electron chi connectivity index (χ0n) is 10.4. The van der Waals surface area contributed by atoms with Crippen LogP contribution in [0.2, 0.25) is 0 Å². The second-order valence-corrected chi connectivity index (χ2v) is 4.48. The van der Waals surface area contributed by atoms with E-state index in [0.29, 0.717) is 0 Å². The van der Waals surface area contributed by atoms with Crippen LogP contribution in [0.15, 0.2) is 24.3 Å². The normalized spacial score (nSPS) is 11.2. The largest absolute Gasteiger partial charge is 0.478 e. The van der Waals surface area contributed by atoms with Crippen molar-refractivity contribution in [3.8, 4) is 5.75 Å². The number of aromatic carboxylic acids is 1. The van der Waals surface area contributed by atoms with Gasteiger partial charge in [-0.05, 0) is 32.4 Å². The molecular weight excluding hydrogens is 220 g/mol. The highest BCUT2D eigenvalue weighted by Gasteiger charge is 2.21. The molecule has 0 fully saturated rings. The summed E-state index contributed by atoms with van der Waals surface area (Å²) >= 11 is 0. The van der Waals surface area contributed by atoms with Crippen LogP contribution in [0.3, 0.4) is 0 Å². The summed E-state index contributed by atoms with van der Waals surface area (Å²) in [5.41, 5.74) is -0.333. The van der Waals surface area contributed by atoms with Crippen LogP contribution in [0, 0.1) is 0 Å². The first-order chi connectivity index (χ1) is 7.96. The van der Waals surface area contributed by atoms with Crippen LogP contribution >= 0.6 is 0 Å². The molecule has 1 aromatic rings. The number of benzene rings is 1. The summed E-state index contributed by atoms with van der Waals surface area (Å²) in [6.45, 7) is 5.86. The topological polar surface area (TPSA) is 55.8 Å². The lowest BCUT2D eigenvalue weighted by molar-refractivity contribution is -0.282. The molecule has 1 rings (SSSR count). The van der Waals surface area contributed by atoms with Crippen LogP contribution < -0.4 is 4.89 Å². The number of carboxylic acid groups (broad SMARTS) is 1. The molecule has 0 radical (unpaired) electrons. The van der Waals surface area contributed by atoms with E-state index in [9.17, 15) is 4.79 Å². The van der Waals surface area contributed by atoms with E-state index in [1.54, 1.807) is 18.2 Å². The molecule has 1 N–H and O–H groups in total. The minimum absolute atomic E-state index is 0.0970. The van der Waals surface area contributed by atoms with Gasteiger partial charge >= 0.3 is 5.97 Å². The van der Waals surface area contributed by atoms with Gasteiger partial charge in [-0.3, -0.25) is 0 Å². The van der Waals surface area contributed by atoms with E-state index in [1.807, 2.05) is 13.8 Å². The molecule has 0 spiro atoms. The van der Waals surface area contributed by atoms with Crippen LogP contribution in [-0.4, -0.2) is 16.7 Å². The van der Waals surface area contributed by atoms with Crippen molar-refractivity contribution in [3.05, 3.63) is 29.8 Å². The average molecular weight is 238 g/mol. The van der Waals surface area contributed by atoms with E-state index >= 15 is 0 Å². The molecule has 1 aromatic carbocycles. The zero-order chi connectivity index (χ0) is 12.9. The molecule has 0 saturated heterocycles. The predicted molar refractivity (Wildman–Crippen MR) is 64.1 cm³/mol. The highest BCUT2D eigenvalue weighted by molar-refractivity contribution is 5.90. The summed E-state index contributed by atoms with van der Waals surface area (Å²) in [7, 11) is 0. The summed E-state index contributed by atoms with van der Waals surface area (Å²) in [5.74, 6) is -0.804. The molecular formula is C13H18O4. The monoisotopic (exact) mass is 238 g/mol. The number of rotatable bonds is 6. The minimum Gasteiger partial charge on any atom is -0.478 e. The van der Waals surface area contributed by atoms with E-state index < -0.39 is 11.6 Å². The van der Waals surface area contributed by atoms with Crippen LogP contribution in [0.1, 0.15) is 44.0 Å². The molecule has 0 heterocycles.